The summed E-state index contributed by atoms with van der Waals surface area (Å²) in [7, 11) is 0. The first-order valence-electron chi connectivity index (χ1n) is 7.70. The second-order valence-corrected chi connectivity index (χ2v) is 5.22. The van der Waals surface area contributed by atoms with Crippen LogP contribution in [0.15, 0.2) is 48.5 Å². The zero-order valence-corrected chi connectivity index (χ0v) is 13.2. The van der Waals surface area contributed by atoms with Crippen molar-refractivity contribution in [1.29, 1.82) is 5.26 Å². The van der Waals surface area contributed by atoms with Crippen LogP contribution in [-0.2, 0) is 12.8 Å². The molecule has 2 aromatic rings. The minimum atomic E-state index is -0.710. The molecule has 120 valence electrons. The van der Waals surface area contributed by atoms with E-state index in [0.717, 1.165) is 23.3 Å². The molecule has 0 saturated heterocycles. The maximum Gasteiger partial charge on any atom is 0.122 e. The predicted octanol–water partition coefficient (Wildman–Crippen LogP) is 3.13. The topological polar surface area (TPSA) is 62.5 Å². The number of para-hydroxylation sites is 1. The van der Waals surface area contributed by atoms with Gasteiger partial charge in [0.05, 0.1) is 12.5 Å². The summed E-state index contributed by atoms with van der Waals surface area (Å²) < 4.78 is 11.2. The third-order valence-corrected chi connectivity index (χ3v) is 3.43. The van der Waals surface area contributed by atoms with Crippen LogP contribution in [0.4, 0.5) is 0 Å². The van der Waals surface area contributed by atoms with Crippen molar-refractivity contribution in [1.82, 2.24) is 0 Å². The molecule has 0 aliphatic carbocycles. The van der Waals surface area contributed by atoms with Crippen LogP contribution in [0.25, 0.3) is 0 Å². The summed E-state index contributed by atoms with van der Waals surface area (Å²) >= 11 is 0. The average molecular weight is 311 g/mol. The number of nitriles is 1. The maximum atomic E-state index is 9.98. The highest BCUT2D eigenvalue weighted by Gasteiger charge is 2.08. The Kier molecular flexibility index (Phi) is 6.46. The molecule has 0 aliphatic rings. The van der Waals surface area contributed by atoms with E-state index in [9.17, 15) is 5.11 Å². The van der Waals surface area contributed by atoms with Gasteiger partial charge in [-0.15, -0.1) is 0 Å². The molecule has 4 nitrogen and oxygen atoms in total. The smallest absolute Gasteiger partial charge is 0.122 e. The molecule has 0 fully saturated rings. The zero-order chi connectivity index (χ0) is 16.5. The highest BCUT2D eigenvalue weighted by molar-refractivity contribution is 5.33. The SMILES string of the molecule is CCc1ccccc1OCC(O)COc1ccc(CC#N)cc1. The fraction of sp³-hybridized carbons (Fsp3) is 0.316. The van der Waals surface area contributed by atoms with Gasteiger partial charge in [-0.1, -0.05) is 37.3 Å². The highest BCUT2D eigenvalue weighted by atomic mass is 16.5. The van der Waals surface area contributed by atoms with Crippen LogP contribution < -0.4 is 9.47 Å². The lowest BCUT2D eigenvalue weighted by Crippen LogP contribution is -2.25. The van der Waals surface area contributed by atoms with E-state index in [2.05, 4.69) is 13.0 Å². The van der Waals surface area contributed by atoms with Crippen molar-refractivity contribution in [2.24, 2.45) is 0 Å². The Morgan fingerprint density at radius 3 is 2.43 bits per heavy atom. The second kappa shape index (κ2) is 8.82. The van der Waals surface area contributed by atoms with Crippen LogP contribution in [0, 0.1) is 11.3 Å². The van der Waals surface area contributed by atoms with E-state index < -0.39 is 6.10 Å². The lowest BCUT2D eigenvalue weighted by atomic mass is 10.1. The molecule has 0 aromatic heterocycles. The van der Waals surface area contributed by atoms with Crippen LogP contribution in [-0.4, -0.2) is 24.4 Å². The van der Waals surface area contributed by atoms with Crippen LogP contribution >= 0.6 is 0 Å². The second-order valence-electron chi connectivity index (χ2n) is 5.22. The van der Waals surface area contributed by atoms with Crippen LogP contribution in [0.5, 0.6) is 11.5 Å². The molecule has 1 unspecified atom stereocenters. The molecular weight excluding hydrogens is 290 g/mol. The third kappa shape index (κ3) is 5.32. The van der Waals surface area contributed by atoms with Gasteiger partial charge in [0.15, 0.2) is 0 Å². The molecular formula is C19H21NO3. The Hall–Kier alpha value is -2.51. The van der Waals surface area contributed by atoms with Crippen molar-refractivity contribution in [2.75, 3.05) is 13.2 Å². The minimum Gasteiger partial charge on any atom is -0.491 e. The van der Waals surface area contributed by atoms with Gasteiger partial charge in [-0.05, 0) is 35.7 Å². The fourth-order valence-electron chi connectivity index (χ4n) is 2.16. The monoisotopic (exact) mass is 311 g/mol. The molecule has 0 amide bonds. The number of hydrogen-bond donors (Lipinski definition) is 1. The summed E-state index contributed by atoms with van der Waals surface area (Å²) in [5.41, 5.74) is 2.06. The summed E-state index contributed by atoms with van der Waals surface area (Å²) in [4.78, 5) is 0. The maximum absolute atomic E-state index is 9.98. The van der Waals surface area contributed by atoms with Crippen molar-refractivity contribution >= 4 is 0 Å². The Bertz CT molecular complexity index is 646. The number of aryl methyl sites for hydroxylation is 1. The molecule has 2 aromatic carbocycles. The zero-order valence-electron chi connectivity index (χ0n) is 13.2. The molecule has 0 radical (unpaired) electrons. The van der Waals surface area contributed by atoms with Crippen molar-refractivity contribution in [3.8, 4) is 17.6 Å². The largest absolute Gasteiger partial charge is 0.491 e. The lowest BCUT2D eigenvalue weighted by Gasteiger charge is -2.15. The number of rotatable bonds is 8. The molecule has 0 saturated carbocycles. The normalized spacial score (nSPS) is 11.5. The van der Waals surface area contributed by atoms with Crippen LogP contribution in [0.3, 0.4) is 0 Å². The van der Waals surface area contributed by atoms with Gasteiger partial charge in [-0.2, -0.15) is 5.26 Å². The van der Waals surface area contributed by atoms with Crippen molar-refractivity contribution in [3.05, 3.63) is 59.7 Å². The lowest BCUT2D eigenvalue weighted by molar-refractivity contribution is 0.0623. The summed E-state index contributed by atoms with van der Waals surface area (Å²) in [6.07, 6.45) is 0.560. The van der Waals surface area contributed by atoms with E-state index >= 15 is 0 Å². The molecule has 0 spiro atoms. The summed E-state index contributed by atoms with van der Waals surface area (Å²) in [5, 5.41) is 18.6. The van der Waals surface area contributed by atoms with Gasteiger partial charge < -0.3 is 14.6 Å². The standard InChI is InChI=1S/C19H21NO3/c1-2-16-5-3-4-6-19(16)23-14-17(21)13-22-18-9-7-15(8-10-18)11-12-20/h3-10,17,21H,2,11,13-14H2,1H3. The van der Waals surface area contributed by atoms with Gasteiger partial charge >= 0.3 is 0 Å². The van der Waals surface area contributed by atoms with E-state index in [-0.39, 0.29) is 13.2 Å². The van der Waals surface area contributed by atoms with Crippen molar-refractivity contribution in [2.45, 2.75) is 25.9 Å². The Morgan fingerprint density at radius 2 is 1.74 bits per heavy atom. The quantitative estimate of drug-likeness (QED) is 0.813. The molecule has 23 heavy (non-hydrogen) atoms. The Labute approximate surface area is 136 Å². The number of ether oxygens (including phenoxy) is 2. The first-order chi connectivity index (χ1) is 11.2. The highest BCUT2D eigenvalue weighted by Crippen LogP contribution is 2.18. The first-order valence-corrected chi connectivity index (χ1v) is 7.70. The van der Waals surface area contributed by atoms with Gasteiger partial charge in [0, 0.05) is 0 Å². The summed E-state index contributed by atoms with van der Waals surface area (Å²) in [5.74, 6) is 1.47. The molecule has 1 N–H and O–H groups in total. The molecule has 1 atom stereocenters. The van der Waals surface area contributed by atoms with Gasteiger partial charge in [-0.25, -0.2) is 0 Å². The van der Waals surface area contributed by atoms with Crippen LogP contribution in [0.2, 0.25) is 0 Å². The van der Waals surface area contributed by atoms with Crippen LogP contribution in [0.1, 0.15) is 18.1 Å². The number of aliphatic hydroxyl groups is 1. The predicted molar refractivity (Wildman–Crippen MR) is 88.6 cm³/mol. The Balaban J connectivity index is 1.78. The van der Waals surface area contributed by atoms with E-state index in [1.165, 1.54) is 0 Å². The molecule has 2 rings (SSSR count). The van der Waals surface area contributed by atoms with E-state index in [4.69, 9.17) is 14.7 Å². The van der Waals surface area contributed by atoms with E-state index in [0.29, 0.717) is 12.2 Å². The fourth-order valence-corrected chi connectivity index (χ4v) is 2.16. The minimum absolute atomic E-state index is 0.159. The number of hydrogen-bond acceptors (Lipinski definition) is 4. The van der Waals surface area contributed by atoms with Gasteiger partial charge in [0.2, 0.25) is 0 Å². The van der Waals surface area contributed by atoms with Gasteiger partial charge in [-0.3, -0.25) is 0 Å². The number of benzene rings is 2. The van der Waals surface area contributed by atoms with E-state index in [1.54, 1.807) is 12.1 Å². The number of aliphatic hydroxyl groups excluding tert-OH is 1. The summed E-state index contributed by atoms with van der Waals surface area (Å²) in [6, 6.07) is 17.2. The summed E-state index contributed by atoms with van der Waals surface area (Å²) in [6.45, 7) is 2.41. The van der Waals surface area contributed by atoms with E-state index in [1.807, 2.05) is 36.4 Å². The molecule has 4 heteroatoms. The molecule has 0 aliphatic heterocycles. The third-order valence-electron chi connectivity index (χ3n) is 3.43. The Morgan fingerprint density at radius 1 is 1.04 bits per heavy atom. The number of nitrogens with zero attached hydrogens (tertiary/aromatic N) is 1. The molecule has 0 bridgehead atoms. The van der Waals surface area contributed by atoms with Crippen molar-refractivity contribution < 1.29 is 14.6 Å². The van der Waals surface area contributed by atoms with Gasteiger partial charge in [0.1, 0.15) is 30.8 Å². The first kappa shape index (κ1) is 16.9. The average Bonchev–Trinajstić information content (AvgIpc) is 2.60. The van der Waals surface area contributed by atoms with Crippen molar-refractivity contribution in [3.63, 3.8) is 0 Å². The molecule has 0 heterocycles. The van der Waals surface area contributed by atoms with Gasteiger partial charge in [0.25, 0.3) is 0 Å².